The van der Waals surface area contributed by atoms with Crippen molar-refractivity contribution in [2.45, 2.75) is 13.8 Å². The highest BCUT2D eigenvalue weighted by Gasteiger charge is 2.12. The molecule has 1 heterocycles. The van der Waals surface area contributed by atoms with Gasteiger partial charge in [0.1, 0.15) is 5.58 Å². The predicted molar refractivity (Wildman–Crippen MR) is 58.0 cm³/mol. The van der Waals surface area contributed by atoms with E-state index in [0.29, 0.717) is 11.0 Å². The lowest BCUT2D eigenvalue weighted by atomic mass is 10.1. The maximum absolute atomic E-state index is 11.2. The minimum absolute atomic E-state index is 0.201. The van der Waals surface area contributed by atoms with Crippen LogP contribution in [-0.2, 0) is 0 Å². The second-order valence-corrected chi connectivity index (χ2v) is 3.61. The largest absolute Gasteiger partial charge is 0.505 e. The van der Waals surface area contributed by atoms with Gasteiger partial charge in [-0.3, -0.25) is 0 Å². The van der Waals surface area contributed by atoms with Gasteiger partial charge >= 0.3 is 5.63 Å². The molecule has 0 bridgehead atoms. The van der Waals surface area contributed by atoms with Crippen molar-refractivity contribution in [1.29, 1.82) is 0 Å². The van der Waals surface area contributed by atoms with E-state index < -0.39 is 5.63 Å². The summed E-state index contributed by atoms with van der Waals surface area (Å²) in [5, 5.41) is 10.2. The molecule has 0 aliphatic heterocycles. The van der Waals surface area contributed by atoms with Gasteiger partial charge in [0.2, 0.25) is 0 Å². The summed E-state index contributed by atoms with van der Waals surface area (Å²) in [4.78, 5) is 11.2. The zero-order valence-corrected chi connectivity index (χ0v) is 8.50. The van der Waals surface area contributed by atoms with E-state index in [9.17, 15) is 9.90 Å². The van der Waals surface area contributed by atoms with Crippen molar-refractivity contribution < 1.29 is 9.52 Å². The van der Waals surface area contributed by atoms with Crippen molar-refractivity contribution in [3.8, 4) is 5.75 Å². The molecule has 4 nitrogen and oxygen atoms in total. The van der Waals surface area contributed by atoms with Crippen LogP contribution >= 0.6 is 0 Å². The first-order valence-corrected chi connectivity index (χ1v) is 4.53. The van der Waals surface area contributed by atoms with Crippen LogP contribution in [0.1, 0.15) is 11.1 Å². The van der Waals surface area contributed by atoms with Crippen LogP contribution in [0.15, 0.2) is 21.3 Å². The quantitative estimate of drug-likeness (QED) is 0.642. The number of nitrogen functional groups attached to an aromatic ring is 1. The lowest BCUT2D eigenvalue weighted by Gasteiger charge is -2.05. The summed E-state index contributed by atoms with van der Waals surface area (Å²) in [6.45, 7) is 3.71. The molecule has 0 atom stereocenters. The maximum atomic E-state index is 11.2. The Morgan fingerprint density at radius 3 is 2.67 bits per heavy atom. The van der Waals surface area contributed by atoms with Crippen molar-refractivity contribution in [3.63, 3.8) is 0 Å². The predicted octanol–water partition coefficient (Wildman–Crippen LogP) is 1.70. The Balaban J connectivity index is 3.05. The van der Waals surface area contributed by atoms with Crippen LogP contribution in [0.4, 0.5) is 5.69 Å². The van der Waals surface area contributed by atoms with Gasteiger partial charge in [0.15, 0.2) is 11.4 Å². The molecule has 2 aromatic rings. The Hall–Kier alpha value is -1.97. The first kappa shape index (κ1) is 9.58. The topological polar surface area (TPSA) is 76.5 Å². The van der Waals surface area contributed by atoms with Gasteiger partial charge < -0.3 is 15.3 Å². The number of aryl methyl sites for hydroxylation is 2. The third kappa shape index (κ3) is 1.34. The average Bonchev–Trinajstić information content (AvgIpc) is 2.17. The Kier molecular flexibility index (Phi) is 1.93. The number of aromatic hydroxyl groups is 1. The Morgan fingerprint density at radius 2 is 2.00 bits per heavy atom. The molecule has 15 heavy (non-hydrogen) atoms. The molecule has 0 spiro atoms. The van der Waals surface area contributed by atoms with Crippen LogP contribution in [0, 0.1) is 13.8 Å². The first-order chi connectivity index (χ1) is 7.00. The van der Waals surface area contributed by atoms with Crippen LogP contribution in [0.25, 0.3) is 11.0 Å². The van der Waals surface area contributed by atoms with Crippen molar-refractivity contribution in [3.05, 3.63) is 33.7 Å². The molecule has 2 rings (SSSR count). The van der Waals surface area contributed by atoms with E-state index in [1.807, 2.05) is 19.9 Å². The monoisotopic (exact) mass is 205 g/mol. The molecule has 4 heteroatoms. The molecule has 0 aliphatic carbocycles. The SMILES string of the molecule is Cc1cc(C)c2oc(=O)c(N)c(O)c2c1. The standard InChI is InChI=1S/C11H11NO3/c1-5-3-6(2)10-7(4-5)9(13)8(12)11(14)15-10/h3-4,13H,12H2,1-2H3. The number of hydrogen-bond acceptors (Lipinski definition) is 4. The van der Waals surface area contributed by atoms with Gasteiger partial charge in [-0.2, -0.15) is 0 Å². The molecule has 0 aliphatic rings. The van der Waals surface area contributed by atoms with E-state index in [2.05, 4.69) is 0 Å². The fourth-order valence-electron chi connectivity index (χ4n) is 1.66. The highest BCUT2D eigenvalue weighted by atomic mass is 16.4. The molecule has 0 saturated carbocycles. The average molecular weight is 205 g/mol. The Bertz CT molecular complexity index is 599. The van der Waals surface area contributed by atoms with Crippen LogP contribution in [0.3, 0.4) is 0 Å². The fraction of sp³-hybridized carbons (Fsp3) is 0.182. The number of anilines is 1. The van der Waals surface area contributed by atoms with Gasteiger partial charge in [0.05, 0.1) is 5.39 Å². The Labute approximate surface area is 85.9 Å². The molecule has 1 aromatic carbocycles. The highest BCUT2D eigenvalue weighted by molar-refractivity contribution is 5.89. The lowest BCUT2D eigenvalue weighted by Crippen LogP contribution is -2.07. The second-order valence-electron chi connectivity index (χ2n) is 3.61. The van der Waals surface area contributed by atoms with Gasteiger partial charge in [-0.25, -0.2) is 4.79 Å². The van der Waals surface area contributed by atoms with Gasteiger partial charge in [0.25, 0.3) is 0 Å². The van der Waals surface area contributed by atoms with Gasteiger partial charge in [-0.05, 0) is 31.0 Å². The van der Waals surface area contributed by atoms with Crippen molar-refractivity contribution in [2.24, 2.45) is 0 Å². The van der Waals surface area contributed by atoms with E-state index >= 15 is 0 Å². The van der Waals surface area contributed by atoms with E-state index in [0.717, 1.165) is 11.1 Å². The number of hydrogen-bond donors (Lipinski definition) is 2. The van der Waals surface area contributed by atoms with Crippen LogP contribution in [-0.4, -0.2) is 5.11 Å². The molecule has 0 saturated heterocycles. The summed E-state index contributed by atoms with van der Waals surface area (Å²) < 4.78 is 5.02. The number of benzene rings is 1. The van der Waals surface area contributed by atoms with Gasteiger partial charge in [-0.15, -0.1) is 0 Å². The molecular formula is C11H11NO3. The van der Waals surface area contributed by atoms with E-state index in [1.165, 1.54) is 0 Å². The van der Waals surface area contributed by atoms with Crippen LogP contribution < -0.4 is 11.4 Å². The highest BCUT2D eigenvalue weighted by Crippen LogP contribution is 2.30. The number of fused-ring (bicyclic) bond motifs is 1. The van der Waals surface area contributed by atoms with E-state index in [4.69, 9.17) is 10.2 Å². The third-order valence-electron chi connectivity index (χ3n) is 2.34. The number of nitrogens with two attached hydrogens (primary N) is 1. The van der Waals surface area contributed by atoms with E-state index in [-0.39, 0.29) is 11.4 Å². The normalized spacial score (nSPS) is 10.8. The summed E-state index contributed by atoms with van der Waals surface area (Å²) >= 11 is 0. The van der Waals surface area contributed by atoms with Crippen LogP contribution in [0.2, 0.25) is 0 Å². The van der Waals surface area contributed by atoms with Crippen LogP contribution in [0.5, 0.6) is 5.75 Å². The molecule has 0 fully saturated rings. The minimum Gasteiger partial charge on any atom is -0.505 e. The summed E-state index contributed by atoms with van der Waals surface area (Å²) in [6, 6.07) is 3.61. The number of rotatable bonds is 0. The maximum Gasteiger partial charge on any atom is 0.363 e. The summed E-state index contributed by atoms with van der Waals surface area (Å²) in [7, 11) is 0. The fourth-order valence-corrected chi connectivity index (χ4v) is 1.66. The smallest absolute Gasteiger partial charge is 0.363 e. The molecule has 1 aromatic heterocycles. The van der Waals surface area contributed by atoms with Crippen molar-refractivity contribution >= 4 is 16.7 Å². The first-order valence-electron chi connectivity index (χ1n) is 4.53. The molecular weight excluding hydrogens is 194 g/mol. The Morgan fingerprint density at radius 1 is 1.33 bits per heavy atom. The second kappa shape index (κ2) is 3.02. The zero-order valence-electron chi connectivity index (χ0n) is 8.50. The molecule has 0 unspecified atom stereocenters. The lowest BCUT2D eigenvalue weighted by molar-refractivity contribution is 0.472. The summed E-state index contributed by atoms with van der Waals surface area (Å²) in [6.07, 6.45) is 0. The zero-order chi connectivity index (χ0) is 11.2. The van der Waals surface area contributed by atoms with Gasteiger partial charge in [-0.1, -0.05) is 6.07 Å². The molecule has 78 valence electrons. The van der Waals surface area contributed by atoms with E-state index in [1.54, 1.807) is 6.07 Å². The minimum atomic E-state index is -0.702. The van der Waals surface area contributed by atoms with Crippen molar-refractivity contribution in [2.75, 3.05) is 5.73 Å². The molecule has 0 amide bonds. The summed E-state index contributed by atoms with van der Waals surface area (Å²) in [5.74, 6) is -0.201. The molecule has 0 radical (unpaired) electrons. The summed E-state index contributed by atoms with van der Waals surface area (Å²) in [5.41, 5.74) is 6.61. The molecule has 3 N–H and O–H groups in total. The van der Waals surface area contributed by atoms with Crippen molar-refractivity contribution in [1.82, 2.24) is 0 Å². The third-order valence-corrected chi connectivity index (χ3v) is 2.34. The van der Waals surface area contributed by atoms with Gasteiger partial charge in [0, 0.05) is 0 Å².